The second-order valence-corrected chi connectivity index (χ2v) is 11.2. The van der Waals surface area contributed by atoms with Crippen molar-refractivity contribution in [1.29, 1.82) is 0 Å². The molecule has 1 aliphatic carbocycles. The number of phosphoric acid groups is 1. The molecule has 0 aromatic rings. The summed E-state index contributed by atoms with van der Waals surface area (Å²) in [6, 6.07) is 0. The van der Waals surface area contributed by atoms with Crippen LogP contribution in [0.25, 0.3) is 0 Å². The van der Waals surface area contributed by atoms with Crippen LogP contribution in [0.3, 0.4) is 0 Å². The summed E-state index contributed by atoms with van der Waals surface area (Å²) in [7, 11) is -0.0482. The summed E-state index contributed by atoms with van der Waals surface area (Å²) in [5.74, 6) is 0.855. The van der Waals surface area contributed by atoms with E-state index in [1.54, 1.807) is 0 Å². The molecule has 192 valence electrons. The summed E-state index contributed by atoms with van der Waals surface area (Å²) in [6.45, 7) is 3.75. The van der Waals surface area contributed by atoms with E-state index < -0.39 is 7.82 Å². The molecular weight excluding hydrogens is 425 g/mol. The molecule has 1 saturated carbocycles. The van der Waals surface area contributed by atoms with E-state index in [-0.39, 0.29) is 19.3 Å². The van der Waals surface area contributed by atoms with E-state index in [0.29, 0.717) is 13.0 Å². The van der Waals surface area contributed by atoms with Crippen molar-refractivity contribution in [3.63, 3.8) is 0 Å². The van der Waals surface area contributed by atoms with Crippen molar-refractivity contribution in [2.45, 2.75) is 116 Å². The maximum Gasteiger partial charge on any atom is 0.472 e. The fraction of sp³-hybridized carbons (Fsp3) is 1.00. The van der Waals surface area contributed by atoms with E-state index in [9.17, 15) is 9.46 Å². The molecule has 0 aromatic heterocycles. The summed E-state index contributed by atoms with van der Waals surface area (Å²) in [5, 5.41) is 0. The van der Waals surface area contributed by atoms with E-state index in [4.69, 9.17) is 13.8 Å². The van der Waals surface area contributed by atoms with Gasteiger partial charge in [0.15, 0.2) is 0 Å². The lowest BCUT2D eigenvalue weighted by Crippen LogP contribution is -2.23. The highest BCUT2D eigenvalue weighted by atomic mass is 31.2. The molecule has 1 unspecified atom stereocenters. The van der Waals surface area contributed by atoms with Gasteiger partial charge < -0.3 is 14.5 Å². The van der Waals surface area contributed by atoms with Crippen molar-refractivity contribution >= 4 is 7.82 Å². The molecule has 1 N–H and O–H groups in total. The first kappa shape index (κ1) is 30.1. The van der Waals surface area contributed by atoms with E-state index in [1.165, 1.54) is 83.5 Å². The van der Waals surface area contributed by atoms with Crippen LogP contribution in [0.2, 0.25) is 0 Å². The Morgan fingerprint density at radius 3 is 1.94 bits per heavy atom. The molecule has 0 saturated heterocycles. The lowest BCUT2D eigenvalue weighted by atomic mass is 9.84. The Morgan fingerprint density at radius 2 is 1.34 bits per heavy atom. The van der Waals surface area contributed by atoms with Crippen LogP contribution in [0.5, 0.6) is 0 Å². The summed E-state index contributed by atoms with van der Waals surface area (Å²) in [5.41, 5.74) is 0. The van der Waals surface area contributed by atoms with Gasteiger partial charge in [0.1, 0.15) is 0 Å². The number of rotatable bonds is 21. The van der Waals surface area contributed by atoms with Gasteiger partial charge in [0, 0.05) is 0 Å². The predicted molar refractivity (Wildman–Crippen MR) is 133 cm³/mol. The second-order valence-electron chi connectivity index (χ2n) is 9.78. The van der Waals surface area contributed by atoms with E-state index >= 15 is 0 Å². The van der Waals surface area contributed by atoms with E-state index in [2.05, 4.69) is 6.92 Å². The molecule has 6 nitrogen and oxygen atoms in total. The molecule has 0 aromatic carbocycles. The van der Waals surface area contributed by atoms with Crippen molar-refractivity contribution in [2.75, 3.05) is 40.5 Å². The van der Waals surface area contributed by atoms with Gasteiger partial charge in [0.25, 0.3) is 0 Å². The van der Waals surface area contributed by atoms with E-state index in [1.807, 2.05) is 19.0 Å². The Kier molecular flexibility index (Phi) is 18.2. The van der Waals surface area contributed by atoms with Gasteiger partial charge in [-0.1, -0.05) is 77.6 Å². The number of hydrogen-bond donors (Lipinski definition) is 1. The number of phosphoric ester groups is 1. The van der Waals surface area contributed by atoms with Gasteiger partial charge in [0.2, 0.25) is 0 Å². The Hall–Kier alpha value is 0.0300. The zero-order valence-electron chi connectivity index (χ0n) is 21.3. The third kappa shape index (κ3) is 17.5. The fourth-order valence-corrected chi connectivity index (χ4v) is 5.21. The van der Waals surface area contributed by atoms with Gasteiger partial charge >= 0.3 is 7.82 Å². The molecule has 1 atom stereocenters. The van der Waals surface area contributed by atoms with Crippen LogP contribution in [0, 0.1) is 5.92 Å². The first-order valence-corrected chi connectivity index (χ1v) is 14.8. The van der Waals surface area contributed by atoms with Crippen LogP contribution >= 0.6 is 7.82 Å². The average Bonchev–Trinajstić information content (AvgIpc) is 2.76. The maximum absolute atomic E-state index is 11.8. The molecule has 0 heterocycles. The first-order valence-electron chi connectivity index (χ1n) is 13.3. The molecule has 0 amide bonds. The minimum Gasteiger partial charge on any atom is -0.376 e. The molecule has 32 heavy (non-hydrogen) atoms. The van der Waals surface area contributed by atoms with Gasteiger partial charge in [-0.25, -0.2) is 4.57 Å². The van der Waals surface area contributed by atoms with Crippen molar-refractivity contribution in [1.82, 2.24) is 4.90 Å². The monoisotopic (exact) mass is 477 g/mol. The zero-order valence-corrected chi connectivity index (χ0v) is 22.2. The van der Waals surface area contributed by atoms with Crippen LogP contribution < -0.4 is 0 Å². The zero-order chi connectivity index (χ0) is 23.5. The van der Waals surface area contributed by atoms with Gasteiger partial charge in [-0.2, -0.15) is 0 Å². The van der Waals surface area contributed by atoms with Gasteiger partial charge in [-0.05, 0) is 58.7 Å². The fourth-order valence-electron chi connectivity index (χ4n) is 4.47. The minimum atomic E-state index is -3.96. The molecule has 0 spiro atoms. The highest BCUT2D eigenvalue weighted by Crippen LogP contribution is 2.43. The van der Waals surface area contributed by atoms with Crippen LogP contribution in [0.4, 0.5) is 0 Å². The van der Waals surface area contributed by atoms with Gasteiger partial charge in [-0.3, -0.25) is 9.05 Å². The third-order valence-electron chi connectivity index (χ3n) is 6.46. The van der Waals surface area contributed by atoms with Crippen molar-refractivity contribution in [3.05, 3.63) is 0 Å². The topological polar surface area (TPSA) is 68.2 Å². The Labute approximate surface area is 198 Å². The van der Waals surface area contributed by atoms with Crippen molar-refractivity contribution < 1.29 is 23.2 Å². The number of hydrogen-bond acceptors (Lipinski definition) is 5. The Bertz CT molecular complexity index is 469. The summed E-state index contributed by atoms with van der Waals surface area (Å²) < 4.78 is 27.7. The average molecular weight is 478 g/mol. The van der Waals surface area contributed by atoms with Gasteiger partial charge in [0.05, 0.1) is 25.9 Å². The van der Waals surface area contributed by atoms with Gasteiger partial charge in [-0.15, -0.1) is 0 Å². The lowest BCUT2D eigenvalue weighted by Gasteiger charge is -2.28. The molecule has 1 fully saturated rings. The molecule has 0 aliphatic heterocycles. The molecule has 0 radical (unpaired) electrons. The highest BCUT2D eigenvalue weighted by molar-refractivity contribution is 7.47. The van der Waals surface area contributed by atoms with Crippen LogP contribution in [0.15, 0.2) is 0 Å². The maximum atomic E-state index is 11.8. The number of nitrogens with zero attached hydrogens (tertiary/aromatic N) is 1. The van der Waals surface area contributed by atoms with Crippen LogP contribution in [-0.2, 0) is 18.3 Å². The van der Waals surface area contributed by atoms with Crippen LogP contribution in [-0.4, -0.2) is 56.4 Å². The second kappa shape index (κ2) is 19.3. The van der Waals surface area contributed by atoms with Crippen molar-refractivity contribution in [3.8, 4) is 0 Å². The largest absolute Gasteiger partial charge is 0.472 e. The normalized spacial score (nSPS) is 21.2. The first-order chi connectivity index (χ1) is 15.4. The van der Waals surface area contributed by atoms with Crippen molar-refractivity contribution in [2.24, 2.45) is 5.92 Å². The Morgan fingerprint density at radius 1 is 0.781 bits per heavy atom. The summed E-state index contributed by atoms with van der Waals surface area (Å²) in [6.07, 6.45) is 21.0. The SMILES string of the molecule is CCCCCCCCCCCCC1CCC(OCCOP(=O)(O)OCCCN(C)C)CC1. The minimum absolute atomic E-state index is 0.0972. The highest BCUT2D eigenvalue weighted by Gasteiger charge is 2.23. The molecular formula is C25H52NO5P. The van der Waals surface area contributed by atoms with Crippen LogP contribution in [0.1, 0.15) is 110 Å². The quantitative estimate of drug-likeness (QED) is 0.142. The predicted octanol–water partition coefficient (Wildman–Crippen LogP) is 6.96. The molecule has 1 rings (SSSR count). The lowest BCUT2D eigenvalue weighted by molar-refractivity contribution is -0.00231. The number of unbranched alkanes of at least 4 members (excludes halogenated alkanes) is 9. The summed E-state index contributed by atoms with van der Waals surface area (Å²) in [4.78, 5) is 11.7. The molecule has 0 bridgehead atoms. The molecule has 7 heteroatoms. The Balaban J connectivity index is 1.93. The van der Waals surface area contributed by atoms with E-state index in [0.717, 1.165) is 25.3 Å². The smallest absolute Gasteiger partial charge is 0.376 e. The summed E-state index contributed by atoms with van der Waals surface area (Å²) >= 11 is 0. The number of ether oxygens (including phenoxy) is 1. The standard InChI is InChI=1S/C25H52NO5P/c1-4-5-6-7-8-9-10-11-12-13-15-24-16-18-25(19-17-24)29-22-23-31-32(27,28)30-21-14-20-26(2)3/h24-25H,4-23H2,1-3H3,(H,27,28). The third-order valence-corrected chi connectivity index (χ3v) is 7.47. The molecule has 1 aliphatic rings.